The summed E-state index contributed by atoms with van der Waals surface area (Å²) in [6, 6.07) is 0. The number of ether oxygens (including phenoxy) is 2. The van der Waals surface area contributed by atoms with Crippen LogP contribution in [0.5, 0.6) is 0 Å². The first kappa shape index (κ1) is 30.1. The molecular formula is C29H54N2O4. The molecule has 0 aromatic rings. The fourth-order valence-corrected chi connectivity index (χ4v) is 6.65. The lowest BCUT2D eigenvalue weighted by Crippen LogP contribution is -2.52. The van der Waals surface area contributed by atoms with E-state index in [0.717, 1.165) is 38.8 Å². The Balaban J connectivity index is 1.96. The third-order valence-corrected chi connectivity index (χ3v) is 8.61. The zero-order valence-electron chi connectivity index (χ0n) is 24.5. The van der Waals surface area contributed by atoms with Crippen LogP contribution in [-0.2, 0) is 19.1 Å². The molecule has 0 aromatic carbocycles. The molecule has 2 unspecified atom stereocenters. The second kappa shape index (κ2) is 11.5. The van der Waals surface area contributed by atoms with Gasteiger partial charge in [0.2, 0.25) is 0 Å². The molecule has 0 aromatic heterocycles. The van der Waals surface area contributed by atoms with Gasteiger partial charge in [0.1, 0.15) is 18.6 Å². The van der Waals surface area contributed by atoms with Crippen molar-refractivity contribution in [2.75, 3.05) is 13.1 Å². The van der Waals surface area contributed by atoms with E-state index in [1.807, 2.05) is 0 Å². The molecule has 0 N–H and O–H groups in total. The van der Waals surface area contributed by atoms with Gasteiger partial charge in [-0.25, -0.2) is 0 Å². The summed E-state index contributed by atoms with van der Waals surface area (Å²) in [6.45, 7) is 23.9. The monoisotopic (exact) mass is 494 g/mol. The summed E-state index contributed by atoms with van der Waals surface area (Å²) < 4.78 is 11.8. The van der Waals surface area contributed by atoms with Gasteiger partial charge in [0.25, 0.3) is 0 Å². The molecule has 2 saturated heterocycles. The summed E-state index contributed by atoms with van der Waals surface area (Å²) >= 11 is 0. The lowest BCUT2D eigenvalue weighted by molar-refractivity contribution is -0.164. The topological polar surface area (TPSA) is 59.1 Å². The number of nitrogens with zero attached hydrogens (tertiary/aromatic N) is 2. The van der Waals surface area contributed by atoms with Gasteiger partial charge in [-0.15, -0.1) is 0 Å². The van der Waals surface area contributed by atoms with E-state index in [2.05, 4.69) is 79.0 Å². The van der Waals surface area contributed by atoms with Crippen molar-refractivity contribution in [3.63, 3.8) is 0 Å². The molecule has 2 aliphatic heterocycles. The van der Waals surface area contributed by atoms with E-state index < -0.39 is 11.9 Å². The van der Waals surface area contributed by atoms with Crippen molar-refractivity contribution in [1.82, 2.24) is 9.80 Å². The van der Waals surface area contributed by atoms with Crippen LogP contribution >= 0.6 is 0 Å². The number of unbranched alkanes of at least 4 members (excludes halogenated alkanes) is 4. The van der Waals surface area contributed by atoms with Crippen molar-refractivity contribution in [1.29, 1.82) is 0 Å². The third kappa shape index (κ3) is 7.00. The van der Waals surface area contributed by atoms with E-state index in [4.69, 9.17) is 9.47 Å². The average molecular weight is 495 g/mol. The van der Waals surface area contributed by atoms with Crippen molar-refractivity contribution in [3.8, 4) is 0 Å². The average Bonchev–Trinajstić information content (AvgIpc) is 2.99. The Hall–Kier alpha value is -1.14. The maximum Gasteiger partial charge on any atom is 0.317 e. The molecule has 2 heterocycles. The zero-order valence-corrected chi connectivity index (χ0v) is 24.5. The van der Waals surface area contributed by atoms with Crippen LogP contribution in [0.1, 0.15) is 127 Å². The van der Waals surface area contributed by atoms with Gasteiger partial charge < -0.3 is 9.47 Å². The maximum absolute atomic E-state index is 12.8. The van der Waals surface area contributed by atoms with Gasteiger partial charge in [0.05, 0.1) is 11.1 Å². The molecule has 0 spiro atoms. The standard InChI is InChI=1S/C29H54N2O4/c1-11-13-15-17-30-26(3,4)20-22(28(30,7)8)34-24(32)19-25(33)35-23-21-27(5,6)31(29(23,9)10)18-16-14-12-2/h22-23H,11-21H2,1-10H3. The smallest absolute Gasteiger partial charge is 0.317 e. The van der Waals surface area contributed by atoms with Crippen molar-refractivity contribution in [2.24, 2.45) is 0 Å². The lowest BCUT2D eigenvalue weighted by atomic mass is 9.97. The Labute approximate surface area is 215 Å². The summed E-state index contributed by atoms with van der Waals surface area (Å²) in [5.74, 6) is -0.955. The summed E-state index contributed by atoms with van der Waals surface area (Å²) in [7, 11) is 0. The number of rotatable bonds is 12. The van der Waals surface area contributed by atoms with Gasteiger partial charge in [0, 0.05) is 23.9 Å². The first-order valence-electron chi connectivity index (χ1n) is 14.0. The molecular weight excluding hydrogens is 440 g/mol. The Bertz CT molecular complexity index is 668. The number of likely N-dealkylation sites (tertiary alicyclic amines) is 2. The summed E-state index contributed by atoms with van der Waals surface area (Å²) in [5, 5.41) is 0. The molecule has 0 bridgehead atoms. The van der Waals surface area contributed by atoms with E-state index in [9.17, 15) is 9.59 Å². The molecule has 204 valence electrons. The molecule has 0 saturated carbocycles. The molecule has 6 heteroatoms. The number of carbonyl (C=O) groups excluding carboxylic acids is 2. The predicted octanol–water partition coefficient (Wildman–Crippen LogP) is 6.11. The zero-order chi connectivity index (χ0) is 26.7. The quantitative estimate of drug-likeness (QED) is 0.185. The molecule has 35 heavy (non-hydrogen) atoms. The fourth-order valence-electron chi connectivity index (χ4n) is 6.65. The van der Waals surface area contributed by atoms with Crippen LogP contribution in [0, 0.1) is 0 Å². The van der Waals surface area contributed by atoms with Crippen LogP contribution in [0.15, 0.2) is 0 Å². The van der Waals surface area contributed by atoms with Crippen molar-refractivity contribution in [3.05, 3.63) is 0 Å². The highest BCUT2D eigenvalue weighted by molar-refractivity contribution is 5.91. The van der Waals surface area contributed by atoms with Gasteiger partial charge >= 0.3 is 11.9 Å². The van der Waals surface area contributed by atoms with Crippen LogP contribution in [0.25, 0.3) is 0 Å². The van der Waals surface area contributed by atoms with Gasteiger partial charge in [-0.1, -0.05) is 39.5 Å². The normalized spacial score (nSPS) is 27.1. The van der Waals surface area contributed by atoms with Crippen LogP contribution in [0.2, 0.25) is 0 Å². The predicted molar refractivity (Wildman–Crippen MR) is 142 cm³/mol. The number of carbonyl (C=O) groups is 2. The maximum atomic E-state index is 12.8. The highest BCUT2D eigenvalue weighted by Crippen LogP contribution is 2.44. The Morgan fingerprint density at radius 3 is 1.31 bits per heavy atom. The Morgan fingerprint density at radius 2 is 1.00 bits per heavy atom. The van der Waals surface area contributed by atoms with E-state index in [1.165, 1.54) is 25.7 Å². The minimum Gasteiger partial charge on any atom is -0.460 e. The van der Waals surface area contributed by atoms with E-state index in [-0.39, 0.29) is 40.8 Å². The van der Waals surface area contributed by atoms with Gasteiger partial charge in [-0.2, -0.15) is 0 Å². The summed E-state index contributed by atoms with van der Waals surface area (Å²) in [5.41, 5.74) is -0.646. The molecule has 2 fully saturated rings. The molecule has 2 rings (SSSR count). The van der Waals surface area contributed by atoms with E-state index >= 15 is 0 Å². The Kier molecular flexibility index (Phi) is 9.88. The van der Waals surface area contributed by atoms with E-state index in [0.29, 0.717) is 0 Å². The fraction of sp³-hybridized carbons (Fsp3) is 0.931. The number of esters is 2. The van der Waals surface area contributed by atoms with Gasteiger partial charge in [-0.05, 0) is 81.3 Å². The first-order valence-corrected chi connectivity index (χ1v) is 14.0. The van der Waals surface area contributed by atoms with Crippen molar-refractivity contribution < 1.29 is 19.1 Å². The minimum atomic E-state index is -0.478. The first-order chi connectivity index (χ1) is 16.1. The molecule has 0 amide bonds. The van der Waals surface area contributed by atoms with Crippen LogP contribution in [0.3, 0.4) is 0 Å². The molecule has 2 atom stereocenters. The van der Waals surface area contributed by atoms with Crippen LogP contribution in [0.4, 0.5) is 0 Å². The second-order valence-electron chi connectivity index (χ2n) is 13.2. The largest absolute Gasteiger partial charge is 0.460 e. The number of hydrogen-bond donors (Lipinski definition) is 0. The van der Waals surface area contributed by atoms with Gasteiger partial charge in [-0.3, -0.25) is 19.4 Å². The second-order valence-corrected chi connectivity index (χ2v) is 13.2. The summed E-state index contributed by atoms with van der Waals surface area (Å²) in [6.07, 6.45) is 7.76. The van der Waals surface area contributed by atoms with Crippen molar-refractivity contribution >= 4 is 11.9 Å². The molecule has 6 nitrogen and oxygen atoms in total. The van der Waals surface area contributed by atoms with Crippen molar-refractivity contribution in [2.45, 2.75) is 161 Å². The third-order valence-electron chi connectivity index (χ3n) is 8.61. The van der Waals surface area contributed by atoms with Crippen LogP contribution < -0.4 is 0 Å². The lowest BCUT2D eigenvalue weighted by Gasteiger charge is -2.41. The van der Waals surface area contributed by atoms with Crippen LogP contribution in [-0.4, -0.2) is 69.2 Å². The molecule has 0 radical (unpaired) electrons. The Morgan fingerprint density at radius 1 is 0.657 bits per heavy atom. The highest BCUT2D eigenvalue weighted by Gasteiger charge is 2.54. The molecule has 0 aliphatic carbocycles. The minimum absolute atomic E-state index is 0.0522. The van der Waals surface area contributed by atoms with E-state index in [1.54, 1.807) is 0 Å². The SMILES string of the molecule is CCCCCN1C(C)(C)CC(OC(=O)CC(=O)OC2CC(C)(C)N(CCCCC)C2(C)C)C1(C)C. The van der Waals surface area contributed by atoms with Gasteiger partial charge in [0.15, 0.2) is 0 Å². The summed E-state index contributed by atoms with van der Waals surface area (Å²) in [4.78, 5) is 30.6. The highest BCUT2D eigenvalue weighted by atomic mass is 16.6. The number of hydrogen-bond acceptors (Lipinski definition) is 6. The molecule has 2 aliphatic rings.